The van der Waals surface area contributed by atoms with Gasteiger partial charge in [-0.2, -0.15) is 10.5 Å². The zero-order valence-electron chi connectivity index (χ0n) is 16.9. The number of carbonyl (C=O) groups excluding carboxylic acids is 1. The summed E-state index contributed by atoms with van der Waals surface area (Å²) in [4.78, 5) is 11.7. The number of carbonyl (C=O) groups is 1. The van der Waals surface area contributed by atoms with Crippen molar-refractivity contribution in [1.29, 1.82) is 10.5 Å². The van der Waals surface area contributed by atoms with Crippen molar-refractivity contribution in [3.63, 3.8) is 0 Å². The number of esters is 1. The lowest BCUT2D eigenvalue weighted by atomic mass is 9.90. The van der Waals surface area contributed by atoms with Gasteiger partial charge >= 0.3 is 5.97 Å². The first kappa shape index (κ1) is 21.6. The molecule has 2 aromatic rings. The van der Waals surface area contributed by atoms with Gasteiger partial charge in [0.1, 0.15) is 35.0 Å². The van der Waals surface area contributed by atoms with E-state index in [0.29, 0.717) is 52.5 Å². The van der Waals surface area contributed by atoms with Crippen LogP contribution in [0.2, 0.25) is 0 Å². The smallest absolute Gasteiger partial charge is 0.333 e. The van der Waals surface area contributed by atoms with Crippen LogP contribution < -0.4 is 9.47 Å². The number of nitrogens with zero attached hydrogens (tertiary/aromatic N) is 2. The van der Waals surface area contributed by atoms with Crippen molar-refractivity contribution >= 4 is 11.5 Å². The third kappa shape index (κ3) is 4.92. The Bertz CT molecular complexity index is 1120. The third-order valence-corrected chi connectivity index (χ3v) is 4.58. The van der Waals surface area contributed by atoms with Gasteiger partial charge in [-0.1, -0.05) is 18.2 Å². The number of rotatable bonds is 7. The third-order valence-electron chi connectivity index (χ3n) is 4.58. The minimum atomic E-state index is -0.472. The highest BCUT2D eigenvalue weighted by molar-refractivity contribution is 5.93. The van der Waals surface area contributed by atoms with Crippen molar-refractivity contribution in [3.8, 4) is 29.4 Å². The summed E-state index contributed by atoms with van der Waals surface area (Å²) in [5.74, 6) is 1.13. The Morgan fingerprint density at radius 2 is 1.84 bits per heavy atom. The summed E-state index contributed by atoms with van der Waals surface area (Å²) in [7, 11) is 0. The normalized spacial score (nSPS) is 11.9. The molecule has 0 spiro atoms. The zero-order chi connectivity index (χ0) is 22.2. The Balaban J connectivity index is 1.70. The zero-order valence-corrected chi connectivity index (χ0v) is 16.9. The molecule has 0 unspecified atom stereocenters. The summed E-state index contributed by atoms with van der Waals surface area (Å²) in [5, 5.41) is 27.6. The van der Waals surface area contributed by atoms with Crippen LogP contribution in [0.15, 0.2) is 59.7 Å². The van der Waals surface area contributed by atoms with Crippen molar-refractivity contribution in [3.05, 3.63) is 70.8 Å². The first-order valence-corrected chi connectivity index (χ1v) is 9.62. The van der Waals surface area contributed by atoms with Crippen molar-refractivity contribution in [2.45, 2.75) is 13.3 Å². The monoisotopic (exact) mass is 416 g/mol. The van der Waals surface area contributed by atoms with Gasteiger partial charge in [-0.3, -0.25) is 0 Å². The Kier molecular flexibility index (Phi) is 7.05. The SMILES string of the molecule is C/C(=C\CO)C(=O)OCCCOc1ccc2c(c1)Oc1ccccc1C2=C(C#N)C#N. The van der Waals surface area contributed by atoms with Crippen molar-refractivity contribution in [1.82, 2.24) is 0 Å². The van der Waals surface area contributed by atoms with E-state index >= 15 is 0 Å². The summed E-state index contributed by atoms with van der Waals surface area (Å²) >= 11 is 0. The minimum Gasteiger partial charge on any atom is -0.493 e. The quantitative estimate of drug-likeness (QED) is 0.269. The molecule has 0 atom stereocenters. The molecule has 0 saturated carbocycles. The van der Waals surface area contributed by atoms with Gasteiger partial charge in [0.2, 0.25) is 0 Å². The first-order valence-electron chi connectivity index (χ1n) is 9.62. The number of hydrogen-bond acceptors (Lipinski definition) is 7. The van der Waals surface area contributed by atoms with Gasteiger partial charge in [0.15, 0.2) is 0 Å². The molecule has 7 heteroatoms. The molecule has 0 amide bonds. The Hall–Kier alpha value is -4.07. The van der Waals surface area contributed by atoms with Crippen LogP contribution in [0.1, 0.15) is 24.5 Å². The van der Waals surface area contributed by atoms with E-state index in [1.165, 1.54) is 6.08 Å². The summed E-state index contributed by atoms with van der Waals surface area (Å²) in [6, 6.07) is 16.4. The Labute approximate surface area is 180 Å². The second kappa shape index (κ2) is 10.1. The molecule has 0 fully saturated rings. The molecular formula is C24H20N2O5. The number of aliphatic hydroxyl groups is 1. The van der Waals surface area contributed by atoms with Crippen molar-refractivity contribution in [2.24, 2.45) is 0 Å². The lowest BCUT2D eigenvalue weighted by molar-refractivity contribution is -0.139. The number of hydrogen-bond donors (Lipinski definition) is 1. The van der Waals surface area contributed by atoms with Gasteiger partial charge in [0.05, 0.1) is 19.8 Å². The molecule has 31 heavy (non-hydrogen) atoms. The van der Waals surface area contributed by atoms with E-state index < -0.39 is 5.97 Å². The average molecular weight is 416 g/mol. The van der Waals surface area contributed by atoms with E-state index in [-0.39, 0.29) is 18.8 Å². The van der Waals surface area contributed by atoms with Gasteiger partial charge in [-0.15, -0.1) is 0 Å². The first-order chi connectivity index (χ1) is 15.1. The lowest BCUT2D eigenvalue weighted by Crippen LogP contribution is -2.10. The second-order valence-electron chi connectivity index (χ2n) is 6.64. The highest BCUT2D eigenvalue weighted by Crippen LogP contribution is 2.45. The van der Waals surface area contributed by atoms with Crippen LogP contribution in [0.5, 0.6) is 17.2 Å². The van der Waals surface area contributed by atoms with Crippen LogP contribution in [-0.2, 0) is 9.53 Å². The predicted octanol–water partition coefficient (Wildman–Crippen LogP) is 3.89. The highest BCUT2D eigenvalue weighted by atomic mass is 16.5. The topological polar surface area (TPSA) is 113 Å². The van der Waals surface area contributed by atoms with Gasteiger partial charge < -0.3 is 19.3 Å². The Morgan fingerprint density at radius 1 is 1.10 bits per heavy atom. The van der Waals surface area contributed by atoms with E-state index in [2.05, 4.69) is 0 Å². The van der Waals surface area contributed by atoms with Crippen LogP contribution in [0, 0.1) is 22.7 Å². The van der Waals surface area contributed by atoms with Crippen molar-refractivity contribution in [2.75, 3.05) is 19.8 Å². The largest absolute Gasteiger partial charge is 0.493 e. The molecule has 0 saturated heterocycles. The molecule has 7 nitrogen and oxygen atoms in total. The van der Waals surface area contributed by atoms with Crippen LogP contribution in [0.25, 0.3) is 5.57 Å². The lowest BCUT2D eigenvalue weighted by Gasteiger charge is -2.23. The number of fused-ring (bicyclic) bond motifs is 2. The molecule has 0 radical (unpaired) electrons. The number of benzene rings is 2. The maximum absolute atomic E-state index is 11.7. The maximum Gasteiger partial charge on any atom is 0.333 e. The fourth-order valence-corrected chi connectivity index (χ4v) is 3.06. The molecule has 0 bridgehead atoms. The van der Waals surface area contributed by atoms with Crippen molar-refractivity contribution < 1.29 is 24.1 Å². The van der Waals surface area contributed by atoms with E-state index in [0.717, 1.165) is 0 Å². The van der Waals surface area contributed by atoms with E-state index in [4.69, 9.17) is 19.3 Å². The second-order valence-corrected chi connectivity index (χ2v) is 6.64. The molecule has 2 aromatic carbocycles. The summed E-state index contributed by atoms with van der Waals surface area (Å²) < 4.78 is 16.8. The molecule has 156 valence electrons. The standard InChI is InChI=1S/C24H20N2O5/c1-16(9-10-27)24(28)30-12-4-11-29-18-7-8-20-22(13-18)31-21-6-3-2-5-19(21)23(20)17(14-25)15-26/h2-3,5-9,13,27H,4,10-12H2,1H3/b16-9+. The molecule has 0 aromatic heterocycles. The van der Waals surface area contributed by atoms with Gasteiger partial charge in [-0.05, 0) is 31.2 Å². The molecule has 1 aliphatic rings. The van der Waals surface area contributed by atoms with Crippen LogP contribution >= 0.6 is 0 Å². The van der Waals surface area contributed by atoms with Crippen LogP contribution in [0.4, 0.5) is 0 Å². The molecule has 0 aliphatic carbocycles. The summed E-state index contributed by atoms with van der Waals surface area (Å²) in [5.41, 5.74) is 2.23. The number of nitriles is 2. The minimum absolute atomic E-state index is 0.0121. The summed E-state index contributed by atoms with van der Waals surface area (Å²) in [6.07, 6.45) is 1.87. The highest BCUT2D eigenvalue weighted by Gasteiger charge is 2.25. The van der Waals surface area contributed by atoms with Crippen LogP contribution in [-0.4, -0.2) is 30.9 Å². The molecule has 1 aliphatic heterocycles. The molecular weight excluding hydrogens is 396 g/mol. The summed E-state index contributed by atoms with van der Waals surface area (Å²) in [6.45, 7) is 1.86. The number of aliphatic hydroxyl groups excluding tert-OH is 1. The van der Waals surface area contributed by atoms with Gasteiger partial charge in [-0.25, -0.2) is 4.79 Å². The fraction of sp³-hybridized carbons (Fsp3) is 0.208. The van der Waals surface area contributed by atoms with Crippen LogP contribution in [0.3, 0.4) is 0 Å². The molecule has 3 rings (SSSR count). The maximum atomic E-state index is 11.7. The number of allylic oxidation sites excluding steroid dienone is 1. The van der Waals surface area contributed by atoms with E-state index in [1.807, 2.05) is 30.3 Å². The van der Waals surface area contributed by atoms with Gasteiger partial charge in [0, 0.05) is 34.8 Å². The van der Waals surface area contributed by atoms with E-state index in [1.54, 1.807) is 31.2 Å². The fourth-order valence-electron chi connectivity index (χ4n) is 3.06. The number of ether oxygens (including phenoxy) is 3. The molecule has 1 heterocycles. The Morgan fingerprint density at radius 3 is 2.58 bits per heavy atom. The molecule has 1 N–H and O–H groups in total. The average Bonchev–Trinajstić information content (AvgIpc) is 2.79. The number of para-hydroxylation sites is 1. The van der Waals surface area contributed by atoms with Gasteiger partial charge in [0.25, 0.3) is 0 Å². The predicted molar refractivity (Wildman–Crippen MR) is 112 cm³/mol. The van der Waals surface area contributed by atoms with E-state index in [9.17, 15) is 15.3 Å².